The summed E-state index contributed by atoms with van der Waals surface area (Å²) in [6.45, 7) is 1.92. The maximum atomic E-state index is 12.4. The number of rotatable bonds is 5. The summed E-state index contributed by atoms with van der Waals surface area (Å²) >= 11 is 6.11. The lowest BCUT2D eigenvalue weighted by Crippen LogP contribution is -2.39. The van der Waals surface area contributed by atoms with Crippen LogP contribution in [0.4, 0.5) is 11.4 Å². The minimum Gasteiger partial charge on any atom is -0.495 e. The molecular formula is C19H19ClN2O5. The summed E-state index contributed by atoms with van der Waals surface area (Å²) in [7, 11) is 2.95. The molecule has 8 heteroatoms. The average molecular weight is 391 g/mol. The standard InChI is InChI=1S/C19H19ClN2O5/c1-10-4-5-14-12(6-10)22-19(24)17(27-14)9-18(23)21-13-7-11(20)15(25-2)8-16(13)26-3/h4-8,17H,9H2,1-3H3,(H,21,23)(H,22,24)/t17-/m0/s1. The van der Waals surface area contributed by atoms with Gasteiger partial charge in [-0.25, -0.2) is 0 Å². The molecule has 0 aromatic heterocycles. The molecule has 1 aliphatic heterocycles. The number of anilines is 2. The number of halogens is 1. The quantitative estimate of drug-likeness (QED) is 0.817. The van der Waals surface area contributed by atoms with Gasteiger partial charge in [-0.3, -0.25) is 9.59 Å². The second-order valence-corrected chi connectivity index (χ2v) is 6.44. The molecule has 0 fully saturated rings. The lowest BCUT2D eigenvalue weighted by molar-refractivity contribution is -0.128. The number of ether oxygens (including phenoxy) is 3. The fraction of sp³-hybridized carbons (Fsp3) is 0.263. The molecule has 2 aromatic carbocycles. The van der Waals surface area contributed by atoms with Gasteiger partial charge in [-0.2, -0.15) is 0 Å². The lowest BCUT2D eigenvalue weighted by atomic mass is 10.1. The van der Waals surface area contributed by atoms with Crippen LogP contribution in [0.15, 0.2) is 30.3 Å². The molecular weight excluding hydrogens is 372 g/mol. The van der Waals surface area contributed by atoms with E-state index >= 15 is 0 Å². The smallest absolute Gasteiger partial charge is 0.266 e. The molecule has 2 aromatic rings. The first-order chi connectivity index (χ1) is 12.9. The summed E-state index contributed by atoms with van der Waals surface area (Å²) in [5, 5.41) is 5.77. The molecule has 0 unspecified atom stereocenters. The first-order valence-electron chi connectivity index (χ1n) is 8.21. The SMILES string of the molecule is COc1cc(OC)c(NC(=O)C[C@@H]2Oc3ccc(C)cc3NC2=O)cc1Cl. The van der Waals surface area contributed by atoms with Gasteiger partial charge in [-0.15, -0.1) is 0 Å². The number of carbonyl (C=O) groups excluding carboxylic acids is 2. The van der Waals surface area contributed by atoms with Crippen LogP contribution in [0.25, 0.3) is 0 Å². The number of aryl methyl sites for hydroxylation is 1. The molecule has 0 saturated heterocycles. The van der Waals surface area contributed by atoms with E-state index in [-0.39, 0.29) is 12.3 Å². The number of hydrogen-bond acceptors (Lipinski definition) is 5. The fourth-order valence-corrected chi connectivity index (χ4v) is 2.97. The maximum absolute atomic E-state index is 12.4. The van der Waals surface area contributed by atoms with Crippen LogP contribution in [-0.4, -0.2) is 32.1 Å². The second kappa shape index (κ2) is 7.75. The van der Waals surface area contributed by atoms with E-state index in [9.17, 15) is 9.59 Å². The summed E-state index contributed by atoms with van der Waals surface area (Å²) in [5.41, 5.74) is 1.97. The Labute approximate surface area is 161 Å². The van der Waals surface area contributed by atoms with Crippen LogP contribution in [0, 0.1) is 6.92 Å². The van der Waals surface area contributed by atoms with Crippen molar-refractivity contribution in [3.05, 3.63) is 40.9 Å². The van der Waals surface area contributed by atoms with Crippen molar-refractivity contribution in [3.8, 4) is 17.2 Å². The summed E-state index contributed by atoms with van der Waals surface area (Å²) in [4.78, 5) is 24.7. The van der Waals surface area contributed by atoms with Gasteiger partial charge in [-0.05, 0) is 30.7 Å². The van der Waals surface area contributed by atoms with Crippen molar-refractivity contribution >= 4 is 34.8 Å². The molecule has 27 heavy (non-hydrogen) atoms. The Balaban J connectivity index is 1.72. The highest BCUT2D eigenvalue weighted by atomic mass is 35.5. The van der Waals surface area contributed by atoms with E-state index in [0.29, 0.717) is 33.6 Å². The molecule has 3 rings (SSSR count). The van der Waals surface area contributed by atoms with E-state index in [4.69, 9.17) is 25.8 Å². The highest BCUT2D eigenvalue weighted by Gasteiger charge is 2.30. The molecule has 0 radical (unpaired) electrons. The number of amides is 2. The molecule has 1 aliphatic rings. The Morgan fingerprint density at radius 1 is 1.22 bits per heavy atom. The Morgan fingerprint density at radius 3 is 2.67 bits per heavy atom. The second-order valence-electron chi connectivity index (χ2n) is 6.03. The van der Waals surface area contributed by atoms with Crippen LogP contribution < -0.4 is 24.8 Å². The third kappa shape index (κ3) is 4.09. The Bertz CT molecular complexity index is 900. The van der Waals surface area contributed by atoms with E-state index in [1.54, 1.807) is 12.1 Å². The van der Waals surface area contributed by atoms with Crippen LogP contribution in [0.5, 0.6) is 17.2 Å². The number of benzene rings is 2. The number of hydrogen-bond donors (Lipinski definition) is 2. The molecule has 1 atom stereocenters. The minimum absolute atomic E-state index is 0.161. The predicted octanol–water partition coefficient (Wildman–Crippen LogP) is 3.39. The molecule has 0 saturated carbocycles. The molecule has 142 valence electrons. The number of carbonyl (C=O) groups is 2. The van der Waals surface area contributed by atoms with E-state index in [1.807, 2.05) is 19.1 Å². The van der Waals surface area contributed by atoms with Crippen molar-refractivity contribution in [2.24, 2.45) is 0 Å². The molecule has 0 bridgehead atoms. The summed E-state index contributed by atoms with van der Waals surface area (Å²) in [6.07, 6.45) is -1.09. The zero-order valence-electron chi connectivity index (χ0n) is 15.1. The van der Waals surface area contributed by atoms with Gasteiger partial charge >= 0.3 is 0 Å². The van der Waals surface area contributed by atoms with Gasteiger partial charge in [0.05, 0.1) is 37.0 Å². The zero-order chi connectivity index (χ0) is 19.6. The largest absolute Gasteiger partial charge is 0.495 e. The number of methoxy groups -OCH3 is 2. The van der Waals surface area contributed by atoms with Crippen molar-refractivity contribution in [1.82, 2.24) is 0 Å². The summed E-state index contributed by atoms with van der Waals surface area (Å²) < 4.78 is 16.0. The summed E-state index contributed by atoms with van der Waals surface area (Å²) in [6, 6.07) is 8.55. The Kier molecular flexibility index (Phi) is 5.41. The maximum Gasteiger partial charge on any atom is 0.266 e. The Hall–Kier alpha value is -2.93. The van der Waals surface area contributed by atoms with Crippen LogP contribution in [-0.2, 0) is 9.59 Å². The molecule has 0 aliphatic carbocycles. The predicted molar refractivity (Wildman–Crippen MR) is 102 cm³/mol. The van der Waals surface area contributed by atoms with Crippen molar-refractivity contribution in [2.75, 3.05) is 24.9 Å². The third-order valence-electron chi connectivity index (χ3n) is 4.07. The van der Waals surface area contributed by atoms with Crippen molar-refractivity contribution in [3.63, 3.8) is 0 Å². The Morgan fingerprint density at radius 2 is 1.96 bits per heavy atom. The van der Waals surface area contributed by atoms with Gasteiger partial charge in [0.15, 0.2) is 6.10 Å². The number of fused-ring (bicyclic) bond motifs is 1. The average Bonchev–Trinajstić information content (AvgIpc) is 2.62. The lowest BCUT2D eigenvalue weighted by Gasteiger charge is -2.25. The third-order valence-corrected chi connectivity index (χ3v) is 4.37. The highest BCUT2D eigenvalue weighted by Crippen LogP contribution is 2.36. The molecule has 1 heterocycles. The summed E-state index contributed by atoms with van der Waals surface area (Å²) in [5.74, 6) is 0.559. The normalized spacial score (nSPS) is 15.3. The topological polar surface area (TPSA) is 85.9 Å². The zero-order valence-corrected chi connectivity index (χ0v) is 15.8. The van der Waals surface area contributed by atoms with Gasteiger partial charge in [-0.1, -0.05) is 17.7 Å². The van der Waals surface area contributed by atoms with E-state index in [0.717, 1.165) is 5.56 Å². The molecule has 2 amide bonds. The monoisotopic (exact) mass is 390 g/mol. The molecule has 0 spiro atoms. The van der Waals surface area contributed by atoms with Crippen molar-refractivity contribution in [2.45, 2.75) is 19.4 Å². The van der Waals surface area contributed by atoms with Crippen LogP contribution in [0.1, 0.15) is 12.0 Å². The van der Waals surface area contributed by atoms with E-state index in [2.05, 4.69) is 10.6 Å². The number of nitrogens with one attached hydrogen (secondary N) is 2. The van der Waals surface area contributed by atoms with Crippen LogP contribution in [0.2, 0.25) is 5.02 Å². The van der Waals surface area contributed by atoms with Crippen molar-refractivity contribution in [1.29, 1.82) is 0 Å². The van der Waals surface area contributed by atoms with Crippen LogP contribution in [0.3, 0.4) is 0 Å². The van der Waals surface area contributed by atoms with Crippen molar-refractivity contribution < 1.29 is 23.8 Å². The van der Waals surface area contributed by atoms with E-state index in [1.165, 1.54) is 20.3 Å². The molecule has 2 N–H and O–H groups in total. The first-order valence-corrected chi connectivity index (χ1v) is 8.58. The minimum atomic E-state index is -0.931. The van der Waals surface area contributed by atoms with Crippen LogP contribution >= 0.6 is 11.6 Å². The molecule has 7 nitrogen and oxygen atoms in total. The van der Waals surface area contributed by atoms with Gasteiger partial charge in [0.1, 0.15) is 17.2 Å². The fourth-order valence-electron chi connectivity index (χ4n) is 2.73. The van der Waals surface area contributed by atoms with Gasteiger partial charge < -0.3 is 24.8 Å². The van der Waals surface area contributed by atoms with Gasteiger partial charge in [0.25, 0.3) is 5.91 Å². The van der Waals surface area contributed by atoms with Gasteiger partial charge in [0.2, 0.25) is 5.91 Å². The highest BCUT2D eigenvalue weighted by molar-refractivity contribution is 6.32. The first kappa shape index (κ1) is 18.8. The van der Waals surface area contributed by atoms with Gasteiger partial charge in [0, 0.05) is 6.07 Å². The van der Waals surface area contributed by atoms with E-state index < -0.39 is 12.0 Å².